The highest BCUT2D eigenvalue weighted by Crippen LogP contribution is 2.33. The fraction of sp³-hybridized carbons (Fsp3) is 0.333. The first-order valence-electron chi connectivity index (χ1n) is 9.60. The van der Waals surface area contributed by atoms with Gasteiger partial charge in [-0.15, -0.1) is 0 Å². The normalized spacial score (nSPS) is 18.9. The largest absolute Gasteiger partial charge is 0.337 e. The molecule has 0 radical (unpaired) electrons. The third-order valence-corrected chi connectivity index (χ3v) is 7.06. The number of hydrazone groups is 1. The number of carbonyl (C=O) groups excluding carboxylic acids is 1. The Morgan fingerprint density at radius 2 is 1.86 bits per heavy atom. The molecule has 1 saturated heterocycles. The molecule has 0 atom stereocenters. The summed E-state index contributed by atoms with van der Waals surface area (Å²) in [5, 5.41) is 5.24. The van der Waals surface area contributed by atoms with Gasteiger partial charge in [-0.05, 0) is 48.6 Å². The molecule has 152 valence electrons. The Morgan fingerprint density at radius 3 is 2.59 bits per heavy atom. The highest BCUT2D eigenvalue weighted by Gasteiger charge is 2.39. The quantitative estimate of drug-likeness (QED) is 0.772. The Morgan fingerprint density at radius 1 is 1.14 bits per heavy atom. The SMILES string of the molecule is CC1CCN(C(=O)C2=NN(Cc3cccc(F)c3)c3ccccc3S2(=O)=O)CC1. The predicted octanol–water partition coefficient (Wildman–Crippen LogP) is 3.19. The van der Waals surface area contributed by atoms with E-state index in [1.54, 1.807) is 35.2 Å². The van der Waals surface area contributed by atoms with Crippen molar-refractivity contribution in [2.24, 2.45) is 11.0 Å². The van der Waals surface area contributed by atoms with Crippen molar-refractivity contribution < 1.29 is 17.6 Å². The molecule has 2 aliphatic rings. The smallest absolute Gasteiger partial charge is 0.286 e. The Balaban J connectivity index is 1.73. The molecule has 2 aliphatic heterocycles. The molecular weight excluding hydrogens is 393 g/mol. The van der Waals surface area contributed by atoms with E-state index in [4.69, 9.17) is 0 Å². The molecule has 8 heteroatoms. The second-order valence-electron chi connectivity index (χ2n) is 7.54. The molecule has 4 rings (SSSR count). The van der Waals surface area contributed by atoms with Gasteiger partial charge in [0.05, 0.1) is 17.1 Å². The maximum absolute atomic E-state index is 13.6. The van der Waals surface area contributed by atoms with Gasteiger partial charge in [-0.3, -0.25) is 9.80 Å². The third-order valence-electron chi connectivity index (χ3n) is 5.37. The topological polar surface area (TPSA) is 70.1 Å². The number of likely N-dealkylation sites (tertiary alicyclic amines) is 1. The maximum atomic E-state index is 13.6. The van der Waals surface area contributed by atoms with E-state index in [-0.39, 0.29) is 17.3 Å². The zero-order valence-corrected chi connectivity index (χ0v) is 16.9. The van der Waals surface area contributed by atoms with Crippen LogP contribution in [0.5, 0.6) is 0 Å². The number of para-hydroxylation sites is 1. The summed E-state index contributed by atoms with van der Waals surface area (Å²) >= 11 is 0. The summed E-state index contributed by atoms with van der Waals surface area (Å²) in [4.78, 5) is 14.7. The van der Waals surface area contributed by atoms with Crippen molar-refractivity contribution >= 4 is 26.5 Å². The fourth-order valence-electron chi connectivity index (χ4n) is 3.65. The van der Waals surface area contributed by atoms with Crippen LogP contribution < -0.4 is 5.01 Å². The molecule has 1 fully saturated rings. The fourth-order valence-corrected chi connectivity index (χ4v) is 5.13. The molecule has 29 heavy (non-hydrogen) atoms. The Bertz CT molecular complexity index is 1080. The predicted molar refractivity (Wildman–Crippen MR) is 109 cm³/mol. The van der Waals surface area contributed by atoms with Gasteiger partial charge in [0.25, 0.3) is 5.91 Å². The van der Waals surface area contributed by atoms with Gasteiger partial charge in [-0.1, -0.05) is 31.2 Å². The van der Waals surface area contributed by atoms with Crippen LogP contribution >= 0.6 is 0 Å². The lowest BCUT2D eigenvalue weighted by Crippen LogP contribution is -2.46. The minimum Gasteiger partial charge on any atom is -0.337 e. The number of sulfone groups is 1. The number of rotatable bonds is 3. The van der Waals surface area contributed by atoms with Crippen molar-refractivity contribution in [3.8, 4) is 0 Å². The van der Waals surface area contributed by atoms with Gasteiger partial charge < -0.3 is 4.90 Å². The molecule has 6 nitrogen and oxygen atoms in total. The molecule has 0 spiro atoms. The van der Waals surface area contributed by atoms with Crippen molar-refractivity contribution in [1.29, 1.82) is 0 Å². The first-order valence-corrected chi connectivity index (χ1v) is 11.1. The van der Waals surface area contributed by atoms with Crippen LogP contribution in [0.2, 0.25) is 0 Å². The summed E-state index contributed by atoms with van der Waals surface area (Å²) in [7, 11) is -4.04. The third kappa shape index (κ3) is 3.76. The molecule has 2 aromatic rings. The number of anilines is 1. The molecule has 0 saturated carbocycles. The first-order chi connectivity index (χ1) is 13.9. The number of benzene rings is 2. The zero-order chi connectivity index (χ0) is 20.6. The second-order valence-corrected chi connectivity index (χ2v) is 9.37. The summed E-state index contributed by atoms with van der Waals surface area (Å²) in [6.45, 7) is 3.30. The van der Waals surface area contributed by atoms with E-state index in [9.17, 15) is 17.6 Å². The maximum Gasteiger partial charge on any atom is 0.286 e. The highest BCUT2D eigenvalue weighted by atomic mass is 32.2. The van der Waals surface area contributed by atoms with Gasteiger partial charge in [0, 0.05) is 13.1 Å². The standard InChI is InChI=1S/C21H22FN3O3S/c1-15-9-11-24(12-10-15)21(26)20-23-25(14-16-5-4-6-17(22)13-16)18-7-2-3-8-19(18)29(20,27)28/h2-8,13,15H,9-12,14H2,1H3. The molecular formula is C21H22FN3O3S. The lowest BCUT2D eigenvalue weighted by molar-refractivity contribution is -0.125. The van der Waals surface area contributed by atoms with Gasteiger partial charge in [0.1, 0.15) is 5.82 Å². The van der Waals surface area contributed by atoms with E-state index in [0.29, 0.717) is 30.3 Å². The van der Waals surface area contributed by atoms with Crippen LogP contribution in [-0.4, -0.2) is 37.4 Å². The molecule has 0 N–H and O–H groups in total. The number of nitrogens with zero attached hydrogens (tertiary/aromatic N) is 3. The van der Waals surface area contributed by atoms with Crippen LogP contribution in [0.1, 0.15) is 25.3 Å². The Kier molecular flexibility index (Phi) is 5.12. The molecule has 0 bridgehead atoms. The van der Waals surface area contributed by atoms with Crippen LogP contribution in [0.3, 0.4) is 0 Å². The zero-order valence-electron chi connectivity index (χ0n) is 16.1. The van der Waals surface area contributed by atoms with Gasteiger partial charge in [-0.2, -0.15) is 5.10 Å². The van der Waals surface area contributed by atoms with Gasteiger partial charge in [0.2, 0.25) is 14.9 Å². The first kappa shape index (κ1) is 19.6. The van der Waals surface area contributed by atoms with E-state index in [2.05, 4.69) is 12.0 Å². The number of carbonyl (C=O) groups is 1. The molecule has 0 aliphatic carbocycles. The lowest BCUT2D eigenvalue weighted by atomic mass is 9.99. The van der Waals surface area contributed by atoms with E-state index in [0.717, 1.165) is 12.8 Å². The number of fused-ring (bicyclic) bond motifs is 1. The second kappa shape index (κ2) is 7.59. The highest BCUT2D eigenvalue weighted by molar-refractivity contribution is 8.08. The summed E-state index contributed by atoms with van der Waals surface area (Å²) in [6.07, 6.45) is 1.67. The Hall–Kier alpha value is -2.74. The summed E-state index contributed by atoms with van der Waals surface area (Å²) in [6, 6.07) is 12.5. The Labute approximate surface area is 169 Å². The molecule has 0 aromatic heterocycles. The van der Waals surface area contributed by atoms with E-state index in [1.807, 2.05) is 0 Å². The van der Waals surface area contributed by atoms with Gasteiger partial charge in [0.15, 0.2) is 0 Å². The number of hydrogen-bond acceptors (Lipinski definition) is 5. The molecule has 2 aromatic carbocycles. The lowest BCUT2D eigenvalue weighted by Gasteiger charge is -2.32. The number of piperidine rings is 1. The minimum atomic E-state index is -4.04. The minimum absolute atomic E-state index is 0.0418. The molecule has 1 amide bonds. The average Bonchev–Trinajstić information content (AvgIpc) is 2.70. The number of hydrogen-bond donors (Lipinski definition) is 0. The van der Waals surface area contributed by atoms with Crippen LogP contribution in [0.4, 0.5) is 10.1 Å². The van der Waals surface area contributed by atoms with E-state index < -0.39 is 20.8 Å². The van der Waals surface area contributed by atoms with E-state index in [1.165, 1.54) is 23.2 Å². The average molecular weight is 415 g/mol. The van der Waals surface area contributed by atoms with Crippen molar-refractivity contribution in [1.82, 2.24) is 4.90 Å². The monoisotopic (exact) mass is 415 g/mol. The number of halogens is 1. The van der Waals surface area contributed by atoms with Crippen molar-refractivity contribution in [2.75, 3.05) is 18.1 Å². The van der Waals surface area contributed by atoms with Crippen LogP contribution in [0.15, 0.2) is 58.5 Å². The van der Waals surface area contributed by atoms with Crippen LogP contribution in [-0.2, 0) is 21.2 Å². The summed E-state index contributed by atoms with van der Waals surface area (Å²) < 4.78 is 39.9. The van der Waals surface area contributed by atoms with Crippen molar-refractivity contribution in [3.05, 3.63) is 59.9 Å². The van der Waals surface area contributed by atoms with Gasteiger partial charge in [-0.25, -0.2) is 12.8 Å². The van der Waals surface area contributed by atoms with Crippen molar-refractivity contribution in [2.45, 2.75) is 31.2 Å². The summed E-state index contributed by atoms with van der Waals surface area (Å²) in [5.41, 5.74) is 1.00. The van der Waals surface area contributed by atoms with Crippen LogP contribution in [0, 0.1) is 11.7 Å². The molecule has 2 heterocycles. The van der Waals surface area contributed by atoms with Gasteiger partial charge >= 0.3 is 0 Å². The van der Waals surface area contributed by atoms with Crippen LogP contribution in [0.25, 0.3) is 0 Å². The van der Waals surface area contributed by atoms with Crippen molar-refractivity contribution in [3.63, 3.8) is 0 Å². The number of amides is 1. The van der Waals surface area contributed by atoms with E-state index >= 15 is 0 Å². The summed E-state index contributed by atoms with van der Waals surface area (Å²) in [5.74, 6) is -0.451. The molecule has 0 unspecified atom stereocenters.